The highest BCUT2D eigenvalue weighted by molar-refractivity contribution is 9.10. The summed E-state index contributed by atoms with van der Waals surface area (Å²) in [4.78, 5) is 38.1. The first kappa shape index (κ1) is 15.4. The lowest BCUT2D eigenvalue weighted by Gasteiger charge is -2.14. The zero-order valence-corrected chi connectivity index (χ0v) is 13.8. The van der Waals surface area contributed by atoms with E-state index in [0.29, 0.717) is 22.4 Å². The molecule has 0 radical (unpaired) electrons. The van der Waals surface area contributed by atoms with Crippen LogP contribution < -0.4 is 4.74 Å². The fraction of sp³-hybridized carbons (Fsp3) is 0.118. The number of benzene rings is 2. The Morgan fingerprint density at radius 1 is 1.09 bits per heavy atom. The molecule has 0 aliphatic carbocycles. The second-order valence-corrected chi connectivity index (χ2v) is 5.93. The highest BCUT2D eigenvalue weighted by Gasteiger charge is 2.36. The van der Waals surface area contributed by atoms with Gasteiger partial charge in [-0.2, -0.15) is 0 Å². The van der Waals surface area contributed by atoms with Crippen molar-refractivity contribution >= 4 is 33.5 Å². The van der Waals surface area contributed by atoms with Gasteiger partial charge in [-0.15, -0.1) is 0 Å². The van der Waals surface area contributed by atoms with Crippen molar-refractivity contribution in [3.63, 3.8) is 0 Å². The van der Waals surface area contributed by atoms with Gasteiger partial charge < -0.3 is 4.74 Å². The van der Waals surface area contributed by atoms with Crippen molar-refractivity contribution in [3.8, 4) is 5.75 Å². The number of ketones is 1. The number of amides is 2. The quantitative estimate of drug-likeness (QED) is 0.610. The molecule has 2 amide bonds. The standard InChI is InChI=1S/C17H12BrNO4/c1-23-15-8-10(18)6-7-13(15)14(20)9-19-16(21)11-4-2-3-5-12(11)17(19)22/h2-8H,9H2,1H3. The Kier molecular flexibility index (Phi) is 4.00. The molecular formula is C17H12BrNO4. The van der Waals surface area contributed by atoms with E-state index in [1.807, 2.05) is 0 Å². The van der Waals surface area contributed by atoms with Crippen LogP contribution in [0.4, 0.5) is 0 Å². The maximum absolute atomic E-state index is 12.5. The predicted molar refractivity (Wildman–Crippen MR) is 86.8 cm³/mol. The average Bonchev–Trinajstić information content (AvgIpc) is 2.80. The molecule has 116 valence electrons. The van der Waals surface area contributed by atoms with Gasteiger partial charge in [-0.3, -0.25) is 19.3 Å². The maximum atomic E-state index is 12.5. The van der Waals surface area contributed by atoms with Crippen LogP contribution in [0.2, 0.25) is 0 Å². The van der Waals surface area contributed by atoms with E-state index >= 15 is 0 Å². The number of imide groups is 1. The third-order valence-corrected chi connectivity index (χ3v) is 4.14. The average molecular weight is 374 g/mol. The number of Topliss-reactive ketones (excluding diaryl/α,β-unsaturated/α-hetero) is 1. The van der Waals surface area contributed by atoms with Crippen LogP contribution in [0.5, 0.6) is 5.75 Å². The fourth-order valence-electron chi connectivity index (χ4n) is 2.51. The van der Waals surface area contributed by atoms with E-state index in [-0.39, 0.29) is 12.3 Å². The van der Waals surface area contributed by atoms with Crippen LogP contribution in [0, 0.1) is 0 Å². The zero-order chi connectivity index (χ0) is 16.6. The van der Waals surface area contributed by atoms with Crippen molar-refractivity contribution in [2.45, 2.75) is 0 Å². The van der Waals surface area contributed by atoms with Crippen LogP contribution in [0.1, 0.15) is 31.1 Å². The number of ether oxygens (including phenoxy) is 1. The molecule has 0 atom stereocenters. The van der Waals surface area contributed by atoms with Gasteiger partial charge in [0.05, 0.1) is 30.3 Å². The van der Waals surface area contributed by atoms with Crippen molar-refractivity contribution in [1.82, 2.24) is 4.90 Å². The van der Waals surface area contributed by atoms with Crippen molar-refractivity contribution in [1.29, 1.82) is 0 Å². The Morgan fingerprint density at radius 3 is 2.26 bits per heavy atom. The van der Waals surface area contributed by atoms with Gasteiger partial charge in [0.1, 0.15) is 5.75 Å². The molecule has 1 aliphatic heterocycles. The summed E-state index contributed by atoms with van der Waals surface area (Å²) in [7, 11) is 1.46. The Morgan fingerprint density at radius 2 is 1.70 bits per heavy atom. The van der Waals surface area contributed by atoms with Crippen LogP contribution in [0.25, 0.3) is 0 Å². The topological polar surface area (TPSA) is 63.7 Å². The highest BCUT2D eigenvalue weighted by Crippen LogP contribution is 2.26. The van der Waals surface area contributed by atoms with Crippen LogP contribution in [0.3, 0.4) is 0 Å². The number of nitrogens with zero attached hydrogens (tertiary/aromatic N) is 1. The molecule has 0 N–H and O–H groups in total. The molecule has 6 heteroatoms. The molecule has 3 rings (SSSR count). The largest absolute Gasteiger partial charge is 0.496 e. The van der Waals surface area contributed by atoms with Gasteiger partial charge in [-0.05, 0) is 30.3 Å². The molecule has 0 fully saturated rings. The molecule has 23 heavy (non-hydrogen) atoms. The van der Waals surface area contributed by atoms with Gasteiger partial charge in [-0.1, -0.05) is 28.1 Å². The first-order chi connectivity index (χ1) is 11.0. The smallest absolute Gasteiger partial charge is 0.261 e. The van der Waals surface area contributed by atoms with Crippen molar-refractivity contribution < 1.29 is 19.1 Å². The van der Waals surface area contributed by atoms with E-state index in [1.165, 1.54) is 7.11 Å². The molecule has 2 aromatic rings. The summed E-state index contributed by atoms with van der Waals surface area (Å²) >= 11 is 3.30. The minimum Gasteiger partial charge on any atom is -0.496 e. The molecule has 2 aromatic carbocycles. The van der Waals surface area contributed by atoms with E-state index in [1.54, 1.807) is 42.5 Å². The molecule has 1 aliphatic rings. The fourth-order valence-corrected chi connectivity index (χ4v) is 2.85. The third-order valence-electron chi connectivity index (χ3n) is 3.64. The summed E-state index contributed by atoms with van der Waals surface area (Å²) < 4.78 is 5.96. The van der Waals surface area contributed by atoms with Gasteiger partial charge >= 0.3 is 0 Å². The Hall–Kier alpha value is -2.47. The lowest BCUT2D eigenvalue weighted by Crippen LogP contribution is -2.35. The zero-order valence-electron chi connectivity index (χ0n) is 12.2. The molecular weight excluding hydrogens is 362 g/mol. The van der Waals surface area contributed by atoms with Crippen LogP contribution in [-0.4, -0.2) is 36.2 Å². The van der Waals surface area contributed by atoms with Crippen LogP contribution in [-0.2, 0) is 0 Å². The summed E-state index contributed by atoms with van der Waals surface area (Å²) in [5.41, 5.74) is 0.980. The van der Waals surface area contributed by atoms with Crippen molar-refractivity contribution in [3.05, 3.63) is 63.6 Å². The number of hydrogen-bond acceptors (Lipinski definition) is 4. The lowest BCUT2D eigenvalue weighted by molar-refractivity contribution is 0.0623. The highest BCUT2D eigenvalue weighted by atomic mass is 79.9. The molecule has 0 unspecified atom stereocenters. The number of rotatable bonds is 4. The minimum atomic E-state index is -0.449. The van der Waals surface area contributed by atoms with Crippen LogP contribution in [0.15, 0.2) is 46.9 Å². The Labute approximate surface area is 141 Å². The first-order valence-corrected chi connectivity index (χ1v) is 7.64. The van der Waals surface area contributed by atoms with Crippen molar-refractivity contribution in [2.75, 3.05) is 13.7 Å². The number of fused-ring (bicyclic) bond motifs is 1. The monoisotopic (exact) mass is 373 g/mol. The third kappa shape index (κ3) is 2.66. The second-order valence-electron chi connectivity index (χ2n) is 5.01. The first-order valence-electron chi connectivity index (χ1n) is 6.85. The summed E-state index contributed by atoms with van der Waals surface area (Å²) in [5.74, 6) is -0.866. The number of hydrogen-bond donors (Lipinski definition) is 0. The second kappa shape index (κ2) is 5.96. The van der Waals surface area contributed by atoms with Gasteiger partial charge in [0, 0.05) is 4.47 Å². The summed E-state index contributed by atoms with van der Waals surface area (Å²) in [6, 6.07) is 11.5. The molecule has 0 saturated carbocycles. The van der Waals surface area contributed by atoms with Gasteiger partial charge in [0.25, 0.3) is 11.8 Å². The molecule has 0 bridgehead atoms. The van der Waals surface area contributed by atoms with Crippen molar-refractivity contribution in [2.24, 2.45) is 0 Å². The number of carbonyl (C=O) groups excluding carboxylic acids is 3. The lowest BCUT2D eigenvalue weighted by atomic mass is 10.1. The summed E-state index contributed by atoms with van der Waals surface area (Å²) in [6.45, 7) is -0.315. The van der Waals surface area contributed by atoms with Gasteiger partial charge in [-0.25, -0.2) is 0 Å². The summed E-state index contributed by atoms with van der Waals surface area (Å²) in [6.07, 6.45) is 0. The molecule has 5 nitrogen and oxygen atoms in total. The van der Waals surface area contributed by atoms with E-state index in [9.17, 15) is 14.4 Å². The molecule has 0 saturated heterocycles. The SMILES string of the molecule is COc1cc(Br)ccc1C(=O)CN1C(=O)c2ccccc2C1=O. The molecule has 1 heterocycles. The van der Waals surface area contributed by atoms with Crippen LogP contribution >= 0.6 is 15.9 Å². The van der Waals surface area contributed by atoms with Gasteiger partial charge in [0.15, 0.2) is 5.78 Å². The number of carbonyl (C=O) groups is 3. The van der Waals surface area contributed by atoms with E-state index in [4.69, 9.17) is 4.74 Å². The maximum Gasteiger partial charge on any atom is 0.261 e. The minimum absolute atomic E-state index is 0.315. The van der Waals surface area contributed by atoms with E-state index in [2.05, 4.69) is 15.9 Å². The van der Waals surface area contributed by atoms with E-state index in [0.717, 1.165) is 9.37 Å². The van der Waals surface area contributed by atoms with E-state index < -0.39 is 11.8 Å². The Balaban J connectivity index is 1.88. The molecule has 0 spiro atoms. The number of halogens is 1. The normalized spacial score (nSPS) is 13.2. The molecule has 0 aromatic heterocycles. The Bertz CT molecular complexity index is 796. The summed E-state index contributed by atoms with van der Waals surface area (Å²) in [5, 5.41) is 0. The predicted octanol–water partition coefficient (Wildman–Crippen LogP) is 2.94. The number of methoxy groups -OCH3 is 1. The van der Waals surface area contributed by atoms with Gasteiger partial charge in [0.2, 0.25) is 0 Å².